The SMILES string of the molecule is CCC1CN=C2CCNCC2=C(C)C1. The van der Waals surface area contributed by atoms with Crippen LogP contribution in [0.5, 0.6) is 0 Å². The van der Waals surface area contributed by atoms with Crippen LogP contribution in [0.2, 0.25) is 0 Å². The molecule has 1 fully saturated rings. The lowest BCUT2D eigenvalue weighted by atomic mass is 9.93. The summed E-state index contributed by atoms with van der Waals surface area (Å²) in [4.78, 5) is 4.77. The van der Waals surface area contributed by atoms with Crippen molar-refractivity contribution in [2.24, 2.45) is 10.9 Å². The Morgan fingerprint density at radius 1 is 1.50 bits per heavy atom. The predicted molar refractivity (Wildman–Crippen MR) is 60.9 cm³/mol. The van der Waals surface area contributed by atoms with Gasteiger partial charge in [0.25, 0.3) is 0 Å². The minimum atomic E-state index is 0.778. The highest BCUT2D eigenvalue weighted by atomic mass is 14.9. The van der Waals surface area contributed by atoms with Crippen LogP contribution in [0.4, 0.5) is 0 Å². The molecule has 0 aromatic heterocycles. The van der Waals surface area contributed by atoms with Crippen molar-refractivity contribution in [3.63, 3.8) is 0 Å². The highest BCUT2D eigenvalue weighted by Crippen LogP contribution is 2.24. The molecular formula is C12H20N2. The Balaban J connectivity index is 2.24. The van der Waals surface area contributed by atoms with Crippen LogP contribution in [0.25, 0.3) is 0 Å². The van der Waals surface area contributed by atoms with E-state index in [2.05, 4.69) is 19.2 Å². The normalized spacial score (nSPS) is 28.1. The molecule has 1 N–H and O–H groups in total. The molecule has 2 heterocycles. The van der Waals surface area contributed by atoms with Gasteiger partial charge in [-0.15, -0.1) is 0 Å². The second-order valence-corrected chi connectivity index (χ2v) is 4.45. The van der Waals surface area contributed by atoms with E-state index >= 15 is 0 Å². The molecule has 0 aliphatic carbocycles. The molecular weight excluding hydrogens is 172 g/mol. The summed E-state index contributed by atoms with van der Waals surface area (Å²) in [5.41, 5.74) is 4.46. The Morgan fingerprint density at radius 2 is 2.36 bits per heavy atom. The lowest BCUT2D eigenvalue weighted by Gasteiger charge is -2.19. The molecule has 1 atom stereocenters. The summed E-state index contributed by atoms with van der Waals surface area (Å²) in [5.74, 6) is 0.778. The zero-order valence-electron chi connectivity index (χ0n) is 9.27. The minimum Gasteiger partial charge on any atom is -0.312 e. The molecule has 2 aliphatic rings. The van der Waals surface area contributed by atoms with Crippen LogP contribution >= 0.6 is 0 Å². The lowest BCUT2D eigenvalue weighted by Crippen LogP contribution is -2.31. The zero-order valence-corrected chi connectivity index (χ0v) is 9.27. The van der Waals surface area contributed by atoms with Crippen LogP contribution in [0, 0.1) is 5.92 Å². The zero-order chi connectivity index (χ0) is 9.97. The summed E-state index contributed by atoms with van der Waals surface area (Å²) in [5, 5.41) is 3.44. The summed E-state index contributed by atoms with van der Waals surface area (Å²) in [6.07, 6.45) is 3.64. The summed E-state index contributed by atoms with van der Waals surface area (Å²) < 4.78 is 0. The number of hydrogen-bond acceptors (Lipinski definition) is 2. The van der Waals surface area contributed by atoms with Crippen LogP contribution in [-0.2, 0) is 0 Å². The molecule has 78 valence electrons. The number of piperidine rings is 1. The second-order valence-electron chi connectivity index (χ2n) is 4.45. The Labute approximate surface area is 86.5 Å². The van der Waals surface area contributed by atoms with E-state index in [0.29, 0.717) is 0 Å². The molecule has 2 rings (SSSR count). The summed E-state index contributed by atoms with van der Waals surface area (Å²) in [7, 11) is 0. The van der Waals surface area contributed by atoms with Gasteiger partial charge in [0.2, 0.25) is 0 Å². The van der Waals surface area contributed by atoms with Crippen LogP contribution in [0.15, 0.2) is 16.1 Å². The molecule has 0 radical (unpaired) electrons. The van der Waals surface area contributed by atoms with Gasteiger partial charge in [-0.25, -0.2) is 0 Å². The highest BCUT2D eigenvalue weighted by Gasteiger charge is 2.20. The van der Waals surface area contributed by atoms with Crippen LogP contribution in [0.3, 0.4) is 0 Å². The number of allylic oxidation sites excluding steroid dienone is 1. The maximum Gasteiger partial charge on any atom is 0.0423 e. The van der Waals surface area contributed by atoms with E-state index in [1.165, 1.54) is 24.1 Å². The van der Waals surface area contributed by atoms with Crippen molar-refractivity contribution in [3.05, 3.63) is 11.1 Å². The van der Waals surface area contributed by atoms with Crippen molar-refractivity contribution in [1.29, 1.82) is 0 Å². The first-order valence-electron chi connectivity index (χ1n) is 5.74. The third-order valence-corrected chi connectivity index (χ3v) is 3.42. The van der Waals surface area contributed by atoms with E-state index in [1.54, 1.807) is 5.57 Å². The molecule has 1 unspecified atom stereocenters. The Hall–Kier alpha value is -0.630. The van der Waals surface area contributed by atoms with Crippen molar-refractivity contribution >= 4 is 5.71 Å². The van der Waals surface area contributed by atoms with Crippen molar-refractivity contribution in [3.8, 4) is 0 Å². The van der Waals surface area contributed by atoms with Crippen molar-refractivity contribution in [1.82, 2.24) is 5.32 Å². The van der Waals surface area contributed by atoms with Gasteiger partial charge in [-0.2, -0.15) is 0 Å². The average molecular weight is 192 g/mol. The minimum absolute atomic E-state index is 0.778. The third kappa shape index (κ3) is 1.90. The molecule has 0 saturated carbocycles. The van der Waals surface area contributed by atoms with E-state index in [4.69, 9.17) is 4.99 Å². The fraction of sp³-hybridized carbons (Fsp3) is 0.750. The van der Waals surface area contributed by atoms with E-state index < -0.39 is 0 Å². The molecule has 0 aromatic rings. The van der Waals surface area contributed by atoms with Crippen LogP contribution in [-0.4, -0.2) is 25.3 Å². The fourth-order valence-electron chi connectivity index (χ4n) is 2.38. The topological polar surface area (TPSA) is 24.4 Å². The number of hydrogen-bond donors (Lipinski definition) is 1. The van der Waals surface area contributed by atoms with E-state index in [-0.39, 0.29) is 0 Å². The number of nitrogens with one attached hydrogen (secondary N) is 1. The first-order valence-corrected chi connectivity index (χ1v) is 5.74. The van der Waals surface area contributed by atoms with Crippen molar-refractivity contribution in [2.45, 2.75) is 33.1 Å². The number of nitrogens with zero attached hydrogens (tertiary/aromatic N) is 1. The summed E-state index contributed by atoms with van der Waals surface area (Å²) in [6, 6.07) is 0. The first kappa shape index (κ1) is 9.91. The largest absolute Gasteiger partial charge is 0.312 e. The van der Waals surface area contributed by atoms with Crippen molar-refractivity contribution in [2.75, 3.05) is 19.6 Å². The Kier molecular flexibility index (Phi) is 3.02. The monoisotopic (exact) mass is 192 g/mol. The Morgan fingerprint density at radius 3 is 3.14 bits per heavy atom. The van der Waals surface area contributed by atoms with Gasteiger partial charge in [0.15, 0.2) is 0 Å². The van der Waals surface area contributed by atoms with Crippen LogP contribution in [0.1, 0.15) is 33.1 Å². The second kappa shape index (κ2) is 4.26. The number of rotatable bonds is 1. The van der Waals surface area contributed by atoms with Gasteiger partial charge >= 0.3 is 0 Å². The molecule has 1 saturated heterocycles. The van der Waals surface area contributed by atoms with E-state index in [9.17, 15) is 0 Å². The molecule has 2 aliphatic heterocycles. The average Bonchev–Trinajstić information content (AvgIpc) is 2.39. The van der Waals surface area contributed by atoms with E-state index in [0.717, 1.165) is 32.0 Å². The molecule has 0 spiro atoms. The Bertz CT molecular complexity index is 276. The molecule has 0 aromatic carbocycles. The summed E-state index contributed by atoms with van der Waals surface area (Å²) >= 11 is 0. The fourth-order valence-corrected chi connectivity index (χ4v) is 2.38. The van der Waals surface area contributed by atoms with Gasteiger partial charge in [0.05, 0.1) is 0 Å². The van der Waals surface area contributed by atoms with E-state index in [1.807, 2.05) is 0 Å². The van der Waals surface area contributed by atoms with Gasteiger partial charge < -0.3 is 5.32 Å². The molecule has 0 amide bonds. The number of fused-ring (bicyclic) bond motifs is 1. The number of aliphatic imine (C=N–C) groups is 1. The van der Waals surface area contributed by atoms with Crippen molar-refractivity contribution < 1.29 is 0 Å². The molecule has 14 heavy (non-hydrogen) atoms. The van der Waals surface area contributed by atoms with Gasteiger partial charge in [0, 0.05) is 31.8 Å². The van der Waals surface area contributed by atoms with Gasteiger partial charge in [0.1, 0.15) is 0 Å². The third-order valence-electron chi connectivity index (χ3n) is 3.42. The molecule has 2 nitrogen and oxygen atoms in total. The highest BCUT2D eigenvalue weighted by molar-refractivity contribution is 6.02. The maximum absolute atomic E-state index is 4.77. The van der Waals surface area contributed by atoms with Crippen LogP contribution < -0.4 is 5.32 Å². The summed E-state index contributed by atoms with van der Waals surface area (Å²) in [6.45, 7) is 7.75. The smallest absolute Gasteiger partial charge is 0.0423 e. The quantitative estimate of drug-likeness (QED) is 0.676. The van der Waals surface area contributed by atoms with Gasteiger partial charge in [-0.1, -0.05) is 18.9 Å². The molecule has 2 heteroatoms. The van der Waals surface area contributed by atoms with Gasteiger partial charge in [-0.05, 0) is 24.8 Å². The lowest BCUT2D eigenvalue weighted by molar-refractivity contribution is 0.520. The predicted octanol–water partition coefficient (Wildman–Crippen LogP) is 2.17. The maximum atomic E-state index is 4.77. The standard InChI is InChI=1S/C12H20N2/c1-3-10-6-9(2)11-8-13-5-4-12(11)14-7-10/h10,13H,3-8H2,1-2H3. The van der Waals surface area contributed by atoms with Gasteiger partial charge in [-0.3, -0.25) is 4.99 Å². The first-order chi connectivity index (χ1) is 6.81. The molecule has 0 bridgehead atoms.